The van der Waals surface area contributed by atoms with Crippen LogP contribution in [0.3, 0.4) is 0 Å². The van der Waals surface area contributed by atoms with Gasteiger partial charge in [-0.1, -0.05) is 12.1 Å². The highest BCUT2D eigenvalue weighted by Crippen LogP contribution is 2.32. The van der Waals surface area contributed by atoms with Crippen molar-refractivity contribution < 1.29 is 30.0 Å². The number of hydrogen-bond donors (Lipinski definition) is 1. The van der Waals surface area contributed by atoms with Gasteiger partial charge in [-0.05, 0) is 23.6 Å². The van der Waals surface area contributed by atoms with Crippen molar-refractivity contribution in [3.63, 3.8) is 0 Å². The summed E-state index contributed by atoms with van der Waals surface area (Å²) < 4.78 is 83.4. The van der Waals surface area contributed by atoms with Crippen LogP contribution in [0.25, 0.3) is 0 Å². The summed E-state index contributed by atoms with van der Waals surface area (Å²) in [5, 5.41) is 5.03. The lowest BCUT2D eigenvalue weighted by molar-refractivity contribution is -0.0492. The number of benzene rings is 1. The molecule has 0 saturated carbocycles. The molecule has 118 valence electrons. The van der Waals surface area contributed by atoms with Crippen molar-refractivity contribution in [2.45, 2.75) is 23.4 Å². The fourth-order valence-corrected chi connectivity index (χ4v) is 3.94. The lowest BCUT2D eigenvalue weighted by Crippen LogP contribution is -2.43. The molecule has 1 aromatic carbocycles. The van der Waals surface area contributed by atoms with Crippen LogP contribution in [-0.2, 0) is 33.0 Å². The average molecular weight is 344 g/mol. The van der Waals surface area contributed by atoms with Gasteiger partial charge in [-0.25, -0.2) is 22.0 Å². The minimum absolute atomic E-state index is 0.156. The van der Waals surface area contributed by atoms with Crippen LogP contribution in [0.15, 0.2) is 23.1 Å². The molecule has 21 heavy (non-hydrogen) atoms. The monoisotopic (exact) mass is 344 g/mol. The number of nitrogens with zero attached hydrogens (tertiary/aromatic N) is 1. The number of alkyl halides is 3. The Labute approximate surface area is 119 Å². The summed E-state index contributed by atoms with van der Waals surface area (Å²) in [4.78, 5) is -0.191. The molecule has 0 atom stereocenters. The van der Waals surface area contributed by atoms with Crippen molar-refractivity contribution in [1.82, 2.24) is 4.31 Å². The van der Waals surface area contributed by atoms with Gasteiger partial charge in [0.1, 0.15) is 0 Å². The van der Waals surface area contributed by atoms with Crippen molar-refractivity contribution in [1.29, 1.82) is 0 Å². The minimum Gasteiger partial charge on any atom is -0.225 e. The highest BCUT2D eigenvalue weighted by molar-refractivity contribution is 7.90. The maximum atomic E-state index is 12.5. The van der Waals surface area contributed by atoms with E-state index in [0.29, 0.717) is 0 Å². The van der Waals surface area contributed by atoms with Crippen molar-refractivity contribution in [2.24, 2.45) is 5.14 Å². The first-order valence-electron chi connectivity index (χ1n) is 5.64. The zero-order valence-corrected chi connectivity index (χ0v) is 12.1. The second-order valence-electron chi connectivity index (χ2n) is 4.47. The molecule has 0 fully saturated rings. The molecule has 0 saturated heterocycles. The molecule has 0 amide bonds. The number of rotatable bonds is 2. The third-order valence-electron chi connectivity index (χ3n) is 3.13. The predicted octanol–water partition coefficient (Wildman–Crippen LogP) is 0.542. The average Bonchev–Trinajstić information content (AvgIpc) is 2.34. The van der Waals surface area contributed by atoms with Crippen LogP contribution in [0, 0.1) is 0 Å². The first kappa shape index (κ1) is 16.2. The Balaban J connectivity index is 2.45. The van der Waals surface area contributed by atoms with Crippen LogP contribution < -0.4 is 5.14 Å². The van der Waals surface area contributed by atoms with Gasteiger partial charge in [-0.3, -0.25) is 0 Å². The number of nitrogens with two attached hydrogens (primary N) is 1. The second kappa shape index (κ2) is 4.93. The molecule has 1 aromatic rings. The van der Waals surface area contributed by atoms with Crippen molar-refractivity contribution in [3.05, 3.63) is 29.3 Å². The molecule has 0 unspecified atom stereocenters. The molecule has 0 aliphatic carbocycles. The normalized spacial score (nSPS) is 17.5. The summed E-state index contributed by atoms with van der Waals surface area (Å²) in [6, 6.07) is 3.92. The van der Waals surface area contributed by atoms with Gasteiger partial charge in [0.2, 0.25) is 10.0 Å². The number of halogens is 3. The van der Waals surface area contributed by atoms with Gasteiger partial charge in [0.15, 0.2) is 0 Å². The summed E-state index contributed by atoms with van der Waals surface area (Å²) in [6.45, 7) is -0.998. The number of sulfonamides is 2. The topological polar surface area (TPSA) is 97.5 Å². The summed E-state index contributed by atoms with van der Waals surface area (Å²) in [5.74, 6) is 0. The lowest BCUT2D eigenvalue weighted by atomic mass is 10.0. The number of fused-ring (bicyclic) bond motifs is 1. The molecule has 1 aliphatic rings. The van der Waals surface area contributed by atoms with Crippen LogP contribution in [-0.4, -0.2) is 33.2 Å². The van der Waals surface area contributed by atoms with E-state index in [9.17, 15) is 30.0 Å². The minimum atomic E-state index is -5.44. The highest BCUT2D eigenvalue weighted by atomic mass is 32.2. The van der Waals surface area contributed by atoms with Gasteiger partial charge in [0.25, 0.3) is 0 Å². The van der Waals surface area contributed by atoms with Crippen LogP contribution in [0.1, 0.15) is 11.1 Å². The summed E-state index contributed by atoms with van der Waals surface area (Å²) in [7, 11) is -9.45. The molecule has 2 rings (SSSR count). The van der Waals surface area contributed by atoms with E-state index in [-0.39, 0.29) is 26.7 Å². The molecule has 1 aliphatic heterocycles. The third-order valence-corrected chi connectivity index (χ3v) is 5.70. The first-order chi connectivity index (χ1) is 9.44. The van der Waals surface area contributed by atoms with Gasteiger partial charge in [-0.15, -0.1) is 0 Å². The molecular weight excluding hydrogens is 333 g/mol. The van der Waals surface area contributed by atoms with E-state index < -0.39 is 38.6 Å². The van der Waals surface area contributed by atoms with Gasteiger partial charge >= 0.3 is 15.5 Å². The summed E-state index contributed by atoms with van der Waals surface area (Å²) in [6.07, 6.45) is -0.156. The van der Waals surface area contributed by atoms with Crippen molar-refractivity contribution >= 4 is 20.0 Å². The lowest BCUT2D eigenvalue weighted by Gasteiger charge is -2.29. The largest absolute Gasteiger partial charge is 0.511 e. The van der Waals surface area contributed by atoms with Gasteiger partial charge in [0, 0.05) is 13.1 Å². The fourth-order valence-electron chi connectivity index (χ4n) is 2.17. The Morgan fingerprint density at radius 1 is 1.14 bits per heavy atom. The van der Waals surface area contributed by atoms with E-state index in [1.165, 1.54) is 18.2 Å². The standard InChI is InChI=1S/C10H11F3N2O4S2/c11-10(12,13)21(18,19)15-5-4-8-7(6-15)2-1-3-9(8)20(14,16)17/h1-3H,4-6H2,(H2,14,16,17). The Morgan fingerprint density at radius 2 is 1.76 bits per heavy atom. The Hall–Kier alpha value is -1.17. The molecule has 11 heteroatoms. The van der Waals surface area contributed by atoms with Gasteiger partial charge < -0.3 is 0 Å². The van der Waals surface area contributed by atoms with E-state index in [1.54, 1.807) is 0 Å². The molecule has 1 heterocycles. The van der Waals surface area contributed by atoms with Crippen LogP contribution in [0.4, 0.5) is 13.2 Å². The molecule has 6 nitrogen and oxygen atoms in total. The Bertz CT molecular complexity index is 772. The molecular formula is C10H11F3N2O4S2. The smallest absolute Gasteiger partial charge is 0.225 e. The Morgan fingerprint density at radius 3 is 2.29 bits per heavy atom. The Kier molecular flexibility index (Phi) is 3.81. The zero-order valence-electron chi connectivity index (χ0n) is 10.5. The molecule has 0 bridgehead atoms. The molecule has 0 aromatic heterocycles. The SMILES string of the molecule is NS(=O)(=O)c1cccc2c1CCN(S(=O)(=O)C(F)(F)F)C2. The third kappa shape index (κ3) is 2.91. The maximum Gasteiger partial charge on any atom is 0.511 e. The zero-order chi connectivity index (χ0) is 16.1. The number of hydrogen-bond acceptors (Lipinski definition) is 4. The first-order valence-corrected chi connectivity index (χ1v) is 8.63. The maximum absolute atomic E-state index is 12.5. The van der Waals surface area contributed by atoms with E-state index in [2.05, 4.69) is 0 Å². The van der Waals surface area contributed by atoms with Crippen LogP contribution >= 0.6 is 0 Å². The van der Waals surface area contributed by atoms with E-state index in [0.717, 1.165) is 0 Å². The second-order valence-corrected chi connectivity index (χ2v) is 7.93. The quantitative estimate of drug-likeness (QED) is 0.847. The van der Waals surface area contributed by atoms with Crippen molar-refractivity contribution in [3.8, 4) is 0 Å². The van der Waals surface area contributed by atoms with E-state index in [4.69, 9.17) is 5.14 Å². The fraction of sp³-hybridized carbons (Fsp3) is 0.400. The summed E-state index contributed by atoms with van der Waals surface area (Å²) >= 11 is 0. The van der Waals surface area contributed by atoms with E-state index in [1.807, 2.05) is 0 Å². The molecule has 0 spiro atoms. The van der Waals surface area contributed by atoms with Crippen LogP contribution in [0.5, 0.6) is 0 Å². The summed E-state index contributed by atoms with van der Waals surface area (Å²) in [5.41, 5.74) is -4.93. The van der Waals surface area contributed by atoms with Gasteiger partial charge in [-0.2, -0.15) is 17.5 Å². The predicted molar refractivity (Wildman–Crippen MR) is 66.9 cm³/mol. The van der Waals surface area contributed by atoms with Crippen LogP contribution in [0.2, 0.25) is 0 Å². The molecule has 0 radical (unpaired) electrons. The number of primary sulfonamides is 1. The van der Waals surface area contributed by atoms with E-state index >= 15 is 0 Å². The highest BCUT2D eigenvalue weighted by Gasteiger charge is 2.50. The van der Waals surface area contributed by atoms with Crippen molar-refractivity contribution in [2.75, 3.05) is 6.54 Å². The molecule has 2 N–H and O–H groups in total. The van der Waals surface area contributed by atoms with Gasteiger partial charge in [0.05, 0.1) is 4.90 Å².